The molecular formula is C20H21ClF2N2O3. The van der Waals surface area contributed by atoms with Gasteiger partial charge in [0.1, 0.15) is 17.4 Å². The highest BCUT2D eigenvalue weighted by Gasteiger charge is 2.16. The van der Waals surface area contributed by atoms with Gasteiger partial charge in [-0.05, 0) is 42.8 Å². The SMILES string of the molecule is CCN(CC(=O)NCc1ccc(F)cc1)C(=O)CCOc1ccc(F)cc1Cl. The Morgan fingerprint density at radius 2 is 1.79 bits per heavy atom. The molecule has 0 fully saturated rings. The Kier molecular flexibility index (Phi) is 8.19. The third-order valence-electron chi connectivity index (χ3n) is 3.94. The van der Waals surface area contributed by atoms with Crippen molar-refractivity contribution in [2.45, 2.75) is 19.9 Å². The molecule has 8 heteroatoms. The molecule has 0 radical (unpaired) electrons. The van der Waals surface area contributed by atoms with E-state index >= 15 is 0 Å². The van der Waals surface area contributed by atoms with Crippen LogP contribution in [0.4, 0.5) is 8.78 Å². The molecule has 0 atom stereocenters. The molecule has 1 N–H and O–H groups in total. The molecular weight excluding hydrogens is 390 g/mol. The lowest BCUT2D eigenvalue weighted by Gasteiger charge is -2.20. The lowest BCUT2D eigenvalue weighted by Crippen LogP contribution is -2.40. The first kappa shape index (κ1) is 21.6. The van der Waals surface area contributed by atoms with E-state index in [-0.39, 0.29) is 54.5 Å². The van der Waals surface area contributed by atoms with Gasteiger partial charge in [0.15, 0.2) is 0 Å². The smallest absolute Gasteiger partial charge is 0.239 e. The zero-order valence-corrected chi connectivity index (χ0v) is 16.1. The minimum atomic E-state index is -0.475. The first-order valence-corrected chi connectivity index (χ1v) is 9.13. The molecule has 28 heavy (non-hydrogen) atoms. The Morgan fingerprint density at radius 1 is 1.11 bits per heavy atom. The number of ether oxygens (including phenoxy) is 1. The molecule has 2 aromatic rings. The van der Waals surface area contributed by atoms with Crippen LogP contribution in [-0.2, 0) is 16.1 Å². The van der Waals surface area contributed by atoms with E-state index in [9.17, 15) is 18.4 Å². The normalized spacial score (nSPS) is 10.4. The summed E-state index contributed by atoms with van der Waals surface area (Å²) in [7, 11) is 0. The second-order valence-corrected chi connectivity index (χ2v) is 6.39. The molecule has 2 aromatic carbocycles. The predicted molar refractivity (Wildman–Crippen MR) is 102 cm³/mol. The number of nitrogens with zero attached hydrogens (tertiary/aromatic N) is 1. The van der Waals surface area contributed by atoms with Crippen molar-refractivity contribution in [3.05, 3.63) is 64.7 Å². The van der Waals surface area contributed by atoms with Crippen LogP contribution in [0.1, 0.15) is 18.9 Å². The van der Waals surface area contributed by atoms with Gasteiger partial charge >= 0.3 is 0 Å². The van der Waals surface area contributed by atoms with Gasteiger partial charge in [-0.2, -0.15) is 0 Å². The van der Waals surface area contributed by atoms with Gasteiger partial charge in [0, 0.05) is 13.1 Å². The van der Waals surface area contributed by atoms with Crippen molar-refractivity contribution in [3.63, 3.8) is 0 Å². The van der Waals surface area contributed by atoms with Crippen LogP contribution in [0, 0.1) is 11.6 Å². The molecule has 0 aliphatic heterocycles. The van der Waals surface area contributed by atoms with Crippen LogP contribution >= 0.6 is 11.6 Å². The van der Waals surface area contributed by atoms with Crippen molar-refractivity contribution >= 4 is 23.4 Å². The standard InChI is InChI=1S/C20H21ClF2N2O3/c1-2-25(13-19(26)24-12-14-3-5-15(22)6-4-14)20(27)9-10-28-18-8-7-16(23)11-17(18)21/h3-8,11H,2,9-10,12-13H2,1H3,(H,24,26). The van der Waals surface area contributed by atoms with Gasteiger partial charge < -0.3 is 15.0 Å². The third kappa shape index (κ3) is 6.81. The van der Waals surface area contributed by atoms with Crippen molar-refractivity contribution in [1.82, 2.24) is 10.2 Å². The van der Waals surface area contributed by atoms with Crippen molar-refractivity contribution in [2.24, 2.45) is 0 Å². The van der Waals surface area contributed by atoms with Gasteiger partial charge in [0.2, 0.25) is 11.8 Å². The number of benzene rings is 2. The van der Waals surface area contributed by atoms with E-state index in [2.05, 4.69) is 5.32 Å². The zero-order chi connectivity index (χ0) is 20.5. The number of hydrogen-bond acceptors (Lipinski definition) is 3. The van der Waals surface area contributed by atoms with Crippen molar-refractivity contribution in [2.75, 3.05) is 19.7 Å². The average molecular weight is 411 g/mol. The summed E-state index contributed by atoms with van der Waals surface area (Å²) in [5, 5.41) is 2.82. The number of amides is 2. The number of hydrogen-bond donors (Lipinski definition) is 1. The van der Waals surface area contributed by atoms with E-state index < -0.39 is 5.82 Å². The molecule has 0 heterocycles. The summed E-state index contributed by atoms with van der Waals surface area (Å²) < 4.78 is 31.3. The van der Waals surface area contributed by atoms with Crippen LogP contribution in [0.5, 0.6) is 5.75 Å². The molecule has 0 saturated heterocycles. The maximum atomic E-state index is 13.0. The molecule has 0 bridgehead atoms. The van der Waals surface area contributed by atoms with E-state index in [1.54, 1.807) is 19.1 Å². The molecule has 0 aromatic heterocycles. The summed E-state index contributed by atoms with van der Waals surface area (Å²) in [6, 6.07) is 9.53. The molecule has 0 saturated carbocycles. The second kappa shape index (κ2) is 10.6. The van der Waals surface area contributed by atoms with Gasteiger partial charge in [0.25, 0.3) is 0 Å². The maximum absolute atomic E-state index is 13.0. The van der Waals surface area contributed by atoms with Crippen LogP contribution in [0.2, 0.25) is 5.02 Å². The number of carbonyl (C=O) groups excluding carboxylic acids is 2. The number of likely N-dealkylation sites (N-methyl/N-ethyl adjacent to an activating group) is 1. The van der Waals surface area contributed by atoms with E-state index in [1.807, 2.05) is 0 Å². The van der Waals surface area contributed by atoms with Crippen molar-refractivity contribution in [3.8, 4) is 5.75 Å². The lowest BCUT2D eigenvalue weighted by atomic mass is 10.2. The number of nitrogens with one attached hydrogen (secondary N) is 1. The average Bonchev–Trinajstić information content (AvgIpc) is 2.67. The largest absolute Gasteiger partial charge is 0.491 e. The topological polar surface area (TPSA) is 58.6 Å². The summed E-state index contributed by atoms with van der Waals surface area (Å²) in [6.45, 7) is 2.34. The molecule has 0 unspecified atom stereocenters. The first-order valence-electron chi connectivity index (χ1n) is 8.75. The highest BCUT2D eigenvalue weighted by Crippen LogP contribution is 2.24. The molecule has 150 valence electrons. The van der Waals surface area contributed by atoms with Crippen molar-refractivity contribution < 1.29 is 23.1 Å². The lowest BCUT2D eigenvalue weighted by molar-refractivity contribution is -0.136. The van der Waals surface area contributed by atoms with Crippen molar-refractivity contribution in [1.29, 1.82) is 0 Å². The highest BCUT2D eigenvalue weighted by molar-refractivity contribution is 6.32. The summed E-state index contributed by atoms with van der Waals surface area (Å²) in [6.07, 6.45) is 0.0484. The summed E-state index contributed by atoms with van der Waals surface area (Å²) >= 11 is 5.86. The molecule has 0 aliphatic carbocycles. The number of carbonyl (C=O) groups is 2. The van der Waals surface area contributed by atoms with E-state index in [4.69, 9.17) is 16.3 Å². The summed E-state index contributed by atoms with van der Waals surface area (Å²) in [4.78, 5) is 25.7. The van der Waals surface area contributed by atoms with E-state index in [0.29, 0.717) is 6.54 Å². The van der Waals surface area contributed by atoms with Gasteiger partial charge in [0.05, 0.1) is 24.6 Å². The first-order chi connectivity index (χ1) is 13.4. The molecule has 2 amide bonds. The fourth-order valence-corrected chi connectivity index (χ4v) is 2.63. The summed E-state index contributed by atoms with van der Waals surface area (Å²) in [5.74, 6) is -1.10. The Bertz CT molecular complexity index is 816. The molecule has 2 rings (SSSR count). The minimum absolute atomic E-state index is 0.0484. The van der Waals surface area contributed by atoms with Crippen LogP contribution in [0.3, 0.4) is 0 Å². The Balaban J connectivity index is 1.76. The second-order valence-electron chi connectivity index (χ2n) is 5.98. The van der Waals surface area contributed by atoms with E-state index in [1.165, 1.54) is 29.2 Å². The van der Waals surface area contributed by atoms with Gasteiger partial charge in [-0.1, -0.05) is 23.7 Å². The monoisotopic (exact) mass is 410 g/mol. The molecule has 5 nitrogen and oxygen atoms in total. The van der Waals surface area contributed by atoms with Crippen LogP contribution in [0.15, 0.2) is 42.5 Å². The van der Waals surface area contributed by atoms with Crippen LogP contribution in [-0.4, -0.2) is 36.4 Å². The molecule has 0 aliphatic rings. The third-order valence-corrected chi connectivity index (χ3v) is 4.23. The maximum Gasteiger partial charge on any atom is 0.239 e. The predicted octanol–water partition coefficient (Wildman–Crippen LogP) is 3.55. The molecule has 0 spiro atoms. The van der Waals surface area contributed by atoms with Crippen LogP contribution in [0.25, 0.3) is 0 Å². The summed E-state index contributed by atoms with van der Waals surface area (Å²) in [5.41, 5.74) is 0.758. The quantitative estimate of drug-likeness (QED) is 0.687. The number of halogens is 3. The van der Waals surface area contributed by atoms with Gasteiger partial charge in [-0.25, -0.2) is 8.78 Å². The fraction of sp³-hybridized carbons (Fsp3) is 0.300. The number of rotatable bonds is 9. The Morgan fingerprint density at radius 3 is 2.43 bits per heavy atom. The minimum Gasteiger partial charge on any atom is -0.491 e. The Labute approximate surface area is 167 Å². The fourth-order valence-electron chi connectivity index (χ4n) is 2.41. The highest BCUT2D eigenvalue weighted by atomic mass is 35.5. The Hall–Kier alpha value is -2.67. The van der Waals surface area contributed by atoms with Crippen LogP contribution < -0.4 is 10.1 Å². The van der Waals surface area contributed by atoms with Gasteiger partial charge in [-0.15, -0.1) is 0 Å². The van der Waals surface area contributed by atoms with Gasteiger partial charge in [-0.3, -0.25) is 9.59 Å². The van der Waals surface area contributed by atoms with E-state index in [0.717, 1.165) is 11.6 Å². The zero-order valence-electron chi connectivity index (χ0n) is 15.4.